The Morgan fingerprint density at radius 1 is 1.13 bits per heavy atom. The molecule has 1 aliphatic rings. The molecule has 10 heteroatoms. The van der Waals surface area contributed by atoms with Crippen molar-refractivity contribution in [1.82, 2.24) is 20.3 Å². The predicted octanol–water partition coefficient (Wildman–Crippen LogP) is 8.05. The van der Waals surface area contributed by atoms with Gasteiger partial charge >= 0.3 is 5.97 Å². The van der Waals surface area contributed by atoms with Gasteiger partial charge in [0, 0.05) is 70.9 Å². The molecule has 2 aromatic heterocycles. The molecule has 3 aromatic carbocycles. The predicted molar refractivity (Wildman–Crippen MR) is 178 cm³/mol. The van der Waals surface area contributed by atoms with Crippen molar-refractivity contribution in [3.8, 4) is 22.9 Å². The van der Waals surface area contributed by atoms with Crippen LogP contribution in [-0.4, -0.2) is 26.0 Å². The second-order valence-electron chi connectivity index (χ2n) is 12.6. The minimum Gasteiger partial charge on any atom is -0.481 e. The van der Waals surface area contributed by atoms with Gasteiger partial charge in [-0.1, -0.05) is 44.0 Å². The van der Waals surface area contributed by atoms with Gasteiger partial charge < -0.3 is 30.9 Å². The van der Waals surface area contributed by atoms with Crippen LogP contribution < -0.4 is 15.8 Å². The highest BCUT2D eigenvalue weighted by Gasteiger charge is 2.31. The number of carboxylic acid groups (broad SMARTS) is 1. The van der Waals surface area contributed by atoms with E-state index >= 15 is 8.78 Å². The SMILES string of the molecule is CC1CCCCC(C)(c2cccc(CCC(=O)O)c2)c2cnc([nH]2)-c2cc(ccc2F)Oc2c(F)cc3[nH]ccc3c2CN/C=C/1N. The number of nitrogens with zero attached hydrogens (tertiary/aromatic N) is 1. The number of imidazole rings is 1. The topological polar surface area (TPSA) is 129 Å². The van der Waals surface area contributed by atoms with E-state index in [1.807, 2.05) is 24.3 Å². The summed E-state index contributed by atoms with van der Waals surface area (Å²) < 4.78 is 37.1. The number of carbonyl (C=O) groups is 1. The quantitative estimate of drug-likeness (QED) is 0.135. The van der Waals surface area contributed by atoms with E-state index in [2.05, 4.69) is 40.2 Å². The first-order chi connectivity index (χ1) is 22.6. The Bertz CT molecular complexity index is 1950. The van der Waals surface area contributed by atoms with Gasteiger partial charge in [0.1, 0.15) is 17.4 Å². The molecule has 0 aliphatic carbocycles. The Labute approximate surface area is 272 Å². The van der Waals surface area contributed by atoms with Crippen LogP contribution in [0, 0.1) is 17.6 Å². The zero-order valence-corrected chi connectivity index (χ0v) is 26.5. The van der Waals surface area contributed by atoms with Gasteiger partial charge in [-0.2, -0.15) is 0 Å². The molecule has 0 amide bonds. The minimum absolute atomic E-state index is 0.0376. The summed E-state index contributed by atoms with van der Waals surface area (Å²) in [5.74, 6) is -1.18. The highest BCUT2D eigenvalue weighted by molar-refractivity contribution is 5.85. The number of aromatic amines is 2. The van der Waals surface area contributed by atoms with Gasteiger partial charge in [-0.15, -0.1) is 0 Å². The number of fused-ring (bicyclic) bond motifs is 8. The lowest BCUT2D eigenvalue weighted by Crippen LogP contribution is -2.25. The molecule has 4 bridgehead atoms. The number of aromatic nitrogens is 3. The smallest absolute Gasteiger partial charge is 0.303 e. The molecule has 3 heterocycles. The number of rotatable bonds is 4. The molecule has 0 fully saturated rings. The van der Waals surface area contributed by atoms with Gasteiger partial charge in [0.05, 0.1) is 5.56 Å². The van der Waals surface area contributed by atoms with Gasteiger partial charge in [0.15, 0.2) is 11.6 Å². The molecule has 0 saturated carbocycles. The second kappa shape index (κ2) is 13.3. The van der Waals surface area contributed by atoms with E-state index in [0.29, 0.717) is 29.0 Å². The van der Waals surface area contributed by atoms with Gasteiger partial charge in [-0.25, -0.2) is 13.8 Å². The fraction of sp³-hybridized carbons (Fsp3) is 0.297. The normalized spacial score (nSPS) is 20.1. The van der Waals surface area contributed by atoms with Gasteiger partial charge in [-0.05, 0) is 67.5 Å². The lowest BCUT2D eigenvalue weighted by atomic mass is 9.75. The van der Waals surface area contributed by atoms with Gasteiger partial charge in [0.2, 0.25) is 0 Å². The molecule has 2 atom stereocenters. The minimum atomic E-state index is -0.846. The van der Waals surface area contributed by atoms with E-state index in [1.165, 1.54) is 24.3 Å². The number of ether oxygens (including phenoxy) is 1. The van der Waals surface area contributed by atoms with E-state index in [-0.39, 0.29) is 35.9 Å². The zero-order chi connectivity index (χ0) is 33.1. The number of aliphatic carboxylic acids is 1. The highest BCUT2D eigenvalue weighted by Crippen LogP contribution is 2.40. The number of nitrogens with one attached hydrogen (secondary N) is 3. The first kappa shape index (κ1) is 31.8. The number of hydrogen-bond acceptors (Lipinski definition) is 5. The van der Waals surface area contributed by atoms with E-state index in [1.54, 1.807) is 18.6 Å². The third kappa shape index (κ3) is 6.72. The van der Waals surface area contributed by atoms with Crippen LogP contribution >= 0.6 is 0 Å². The maximum atomic E-state index is 15.5. The number of hydrogen-bond donors (Lipinski definition) is 5. The number of carboxylic acids is 1. The Kier molecular flexibility index (Phi) is 9.02. The fourth-order valence-corrected chi connectivity index (χ4v) is 6.38. The van der Waals surface area contributed by atoms with Crippen LogP contribution in [0.5, 0.6) is 11.5 Å². The molecule has 1 aliphatic heterocycles. The third-order valence-electron chi connectivity index (χ3n) is 9.32. The summed E-state index contributed by atoms with van der Waals surface area (Å²) in [6.07, 6.45) is 9.13. The number of nitrogens with two attached hydrogens (primary N) is 1. The van der Waals surface area contributed by atoms with Gasteiger partial charge in [0.25, 0.3) is 0 Å². The Hall–Kier alpha value is -5.12. The van der Waals surface area contributed by atoms with Crippen molar-refractivity contribution in [1.29, 1.82) is 0 Å². The van der Waals surface area contributed by atoms with Crippen molar-refractivity contribution in [2.75, 3.05) is 0 Å². The van der Waals surface area contributed by atoms with Crippen molar-refractivity contribution in [3.05, 3.63) is 113 Å². The van der Waals surface area contributed by atoms with Crippen LogP contribution in [0.2, 0.25) is 0 Å². The number of halogens is 2. The summed E-state index contributed by atoms with van der Waals surface area (Å²) in [6, 6.07) is 15.5. The highest BCUT2D eigenvalue weighted by atomic mass is 19.1. The van der Waals surface area contributed by atoms with E-state index in [9.17, 15) is 9.90 Å². The molecule has 0 radical (unpaired) electrons. The largest absolute Gasteiger partial charge is 0.481 e. The molecule has 6 rings (SSSR count). The molecular weight excluding hydrogens is 600 g/mol. The Morgan fingerprint density at radius 2 is 1.98 bits per heavy atom. The maximum Gasteiger partial charge on any atom is 0.303 e. The van der Waals surface area contributed by atoms with Crippen molar-refractivity contribution in [2.24, 2.45) is 11.7 Å². The lowest BCUT2D eigenvalue weighted by Gasteiger charge is -2.30. The first-order valence-corrected chi connectivity index (χ1v) is 15.9. The first-order valence-electron chi connectivity index (χ1n) is 15.9. The molecule has 244 valence electrons. The maximum absolute atomic E-state index is 15.5. The summed E-state index contributed by atoms with van der Waals surface area (Å²) in [7, 11) is 0. The van der Waals surface area contributed by atoms with Crippen molar-refractivity contribution >= 4 is 16.9 Å². The van der Waals surface area contributed by atoms with E-state index in [4.69, 9.17) is 10.5 Å². The van der Waals surface area contributed by atoms with Crippen molar-refractivity contribution in [2.45, 2.75) is 64.3 Å². The summed E-state index contributed by atoms with van der Waals surface area (Å²) >= 11 is 0. The van der Waals surface area contributed by atoms with Crippen molar-refractivity contribution < 1.29 is 23.4 Å². The van der Waals surface area contributed by atoms with Crippen LogP contribution in [0.4, 0.5) is 8.78 Å². The molecule has 2 unspecified atom stereocenters. The Morgan fingerprint density at radius 3 is 2.81 bits per heavy atom. The molecule has 6 N–H and O–H groups in total. The zero-order valence-electron chi connectivity index (χ0n) is 26.5. The van der Waals surface area contributed by atoms with Crippen LogP contribution in [0.1, 0.15) is 68.3 Å². The molecule has 8 nitrogen and oxygen atoms in total. The molecular formula is C37H39F2N5O3. The van der Waals surface area contributed by atoms with Crippen LogP contribution in [0.15, 0.2) is 78.9 Å². The standard InChI is InChI=1S/C37H39F2N5O3/c1-22-6-3-4-14-37(2,24-8-5-7-23(16-24)9-12-34(45)46)33-21-43-36(44-33)27-17-25(10-11-29(27)38)47-35-28(19-41-20-31(22)40)26-13-15-42-32(26)18-30(35)39/h5,7-8,10-11,13,15-18,20-22,41-42H,3-4,6,9,12,14,19,40H2,1-2H3,(H,43,44)(H,45,46)/b31-20-. The summed E-state index contributed by atoms with van der Waals surface area (Å²) in [6.45, 7) is 4.47. The van der Waals surface area contributed by atoms with Gasteiger partial charge in [-0.3, -0.25) is 4.79 Å². The van der Waals surface area contributed by atoms with E-state index in [0.717, 1.165) is 47.9 Å². The monoisotopic (exact) mass is 639 g/mol. The second-order valence-corrected chi connectivity index (χ2v) is 12.6. The van der Waals surface area contributed by atoms with Crippen LogP contribution in [0.25, 0.3) is 22.3 Å². The van der Waals surface area contributed by atoms with E-state index < -0.39 is 23.0 Å². The number of aryl methyl sites for hydroxylation is 1. The molecule has 0 saturated heterocycles. The third-order valence-corrected chi connectivity index (χ3v) is 9.32. The van der Waals surface area contributed by atoms with Crippen molar-refractivity contribution in [3.63, 3.8) is 0 Å². The fourth-order valence-electron chi connectivity index (χ4n) is 6.38. The Balaban J connectivity index is 1.43. The lowest BCUT2D eigenvalue weighted by molar-refractivity contribution is -0.136. The number of H-pyrrole nitrogens is 2. The molecule has 47 heavy (non-hydrogen) atoms. The average Bonchev–Trinajstić information content (AvgIpc) is 3.74. The summed E-state index contributed by atoms with van der Waals surface area (Å²) in [5, 5.41) is 13.3. The summed E-state index contributed by atoms with van der Waals surface area (Å²) in [5.41, 5.74) is 10.8. The molecule has 0 spiro atoms. The molecule has 5 aromatic rings. The number of allylic oxidation sites excluding steroid dienone is 1. The van der Waals surface area contributed by atoms with Crippen LogP contribution in [-0.2, 0) is 23.2 Å². The van der Waals surface area contributed by atoms with Crippen LogP contribution in [0.3, 0.4) is 0 Å². The summed E-state index contributed by atoms with van der Waals surface area (Å²) in [4.78, 5) is 22.3. The number of benzene rings is 3. The average molecular weight is 640 g/mol.